The molecule has 1 aromatic carbocycles. The third kappa shape index (κ3) is 2.99. The average molecular weight is 367 g/mol. The van der Waals surface area contributed by atoms with Crippen LogP contribution in [0.5, 0.6) is 0 Å². The molecule has 0 radical (unpaired) electrons. The summed E-state index contributed by atoms with van der Waals surface area (Å²) in [6, 6.07) is 11.9. The van der Waals surface area contributed by atoms with Crippen molar-refractivity contribution in [1.82, 2.24) is 4.90 Å². The number of hydrogen-bond donors (Lipinski definition) is 1. The van der Waals surface area contributed by atoms with Gasteiger partial charge in [0.05, 0.1) is 0 Å². The number of piperidine rings is 1. The van der Waals surface area contributed by atoms with Gasteiger partial charge in [0, 0.05) is 19.1 Å². The SMILES string of the molecule is CC1(C)CN(CC23CC4C[C@@](C)(C2)C[C@](c2ccccc2)(C4)C3)CC[C@H]1N. The molecule has 5 aliphatic rings. The van der Waals surface area contributed by atoms with Crippen molar-refractivity contribution in [2.45, 2.75) is 77.2 Å². The van der Waals surface area contributed by atoms with Crippen molar-refractivity contribution in [2.75, 3.05) is 19.6 Å². The maximum absolute atomic E-state index is 6.43. The zero-order valence-electron chi connectivity index (χ0n) is 17.6. The molecule has 0 spiro atoms. The number of rotatable bonds is 3. The molecule has 5 atom stereocenters. The van der Waals surface area contributed by atoms with E-state index in [2.05, 4.69) is 56.0 Å². The maximum atomic E-state index is 6.43. The Morgan fingerprint density at radius 2 is 1.78 bits per heavy atom. The Balaban J connectivity index is 1.45. The first kappa shape index (κ1) is 18.2. The van der Waals surface area contributed by atoms with Crippen LogP contribution in [0.25, 0.3) is 0 Å². The normalized spacial score (nSPS) is 45.9. The Hall–Kier alpha value is -0.860. The Morgan fingerprint density at radius 3 is 2.48 bits per heavy atom. The number of hydrogen-bond acceptors (Lipinski definition) is 2. The van der Waals surface area contributed by atoms with Crippen LogP contribution in [0.1, 0.15) is 71.3 Å². The zero-order chi connectivity index (χ0) is 18.9. The standard InChI is InChI=1S/C25H38N2/c1-22(2)17-27(10-9-21(22)26)18-24-12-19-11-23(3,14-24)15-25(13-19,16-24)20-7-5-4-6-8-20/h4-8,19,21H,9-18,26H2,1-3H3/t19?,21-,23+,24?,25-/m1/s1. The Morgan fingerprint density at radius 1 is 1.00 bits per heavy atom. The summed E-state index contributed by atoms with van der Waals surface area (Å²) in [5.41, 5.74) is 9.83. The lowest BCUT2D eigenvalue weighted by molar-refractivity contribution is -0.132. The molecule has 1 aromatic rings. The van der Waals surface area contributed by atoms with Gasteiger partial charge < -0.3 is 10.6 Å². The molecule has 5 fully saturated rings. The van der Waals surface area contributed by atoms with Gasteiger partial charge in [-0.05, 0) is 84.6 Å². The number of likely N-dealkylation sites (tertiary alicyclic amines) is 1. The summed E-state index contributed by atoms with van der Waals surface area (Å²) in [5.74, 6) is 0.937. The first-order valence-corrected chi connectivity index (χ1v) is 11.3. The highest BCUT2D eigenvalue weighted by Gasteiger charge is 2.62. The summed E-state index contributed by atoms with van der Waals surface area (Å²) in [4.78, 5) is 2.79. The largest absolute Gasteiger partial charge is 0.327 e. The van der Waals surface area contributed by atoms with Crippen LogP contribution in [-0.4, -0.2) is 30.6 Å². The van der Waals surface area contributed by atoms with Crippen molar-refractivity contribution < 1.29 is 0 Å². The van der Waals surface area contributed by atoms with Crippen molar-refractivity contribution in [2.24, 2.45) is 27.9 Å². The molecule has 1 aliphatic heterocycles. The lowest BCUT2D eigenvalue weighted by Gasteiger charge is -2.67. The van der Waals surface area contributed by atoms with E-state index in [1.165, 1.54) is 58.2 Å². The van der Waals surface area contributed by atoms with Crippen LogP contribution < -0.4 is 5.73 Å². The fourth-order valence-corrected chi connectivity index (χ4v) is 8.52. The second kappa shape index (κ2) is 5.83. The molecule has 2 unspecified atom stereocenters. The van der Waals surface area contributed by atoms with E-state index in [1.807, 2.05) is 0 Å². The number of nitrogens with zero attached hydrogens (tertiary/aromatic N) is 1. The second-order valence-electron chi connectivity index (χ2n) is 12.1. The van der Waals surface area contributed by atoms with Gasteiger partial charge in [-0.15, -0.1) is 0 Å². The summed E-state index contributed by atoms with van der Waals surface area (Å²) in [5, 5.41) is 0. The fourth-order valence-electron chi connectivity index (χ4n) is 8.52. The van der Waals surface area contributed by atoms with Gasteiger partial charge in [-0.1, -0.05) is 51.1 Å². The molecular weight excluding hydrogens is 328 g/mol. The van der Waals surface area contributed by atoms with E-state index >= 15 is 0 Å². The minimum Gasteiger partial charge on any atom is -0.327 e. The van der Waals surface area contributed by atoms with E-state index in [9.17, 15) is 0 Å². The van der Waals surface area contributed by atoms with E-state index in [4.69, 9.17) is 5.73 Å². The quantitative estimate of drug-likeness (QED) is 0.818. The highest BCUT2D eigenvalue weighted by atomic mass is 15.2. The van der Waals surface area contributed by atoms with Crippen LogP contribution in [0, 0.1) is 22.2 Å². The molecule has 2 N–H and O–H groups in total. The van der Waals surface area contributed by atoms with Crippen LogP contribution in [-0.2, 0) is 5.41 Å². The minimum absolute atomic E-state index is 0.252. The number of nitrogens with two attached hydrogens (primary N) is 1. The van der Waals surface area contributed by atoms with Crippen molar-refractivity contribution in [1.29, 1.82) is 0 Å². The highest BCUT2D eigenvalue weighted by Crippen LogP contribution is 2.70. The summed E-state index contributed by atoms with van der Waals surface area (Å²) in [6.07, 6.45) is 9.82. The Bertz CT molecular complexity index is 712. The highest BCUT2D eigenvalue weighted by molar-refractivity contribution is 5.31. The van der Waals surface area contributed by atoms with Crippen LogP contribution in [0.4, 0.5) is 0 Å². The maximum Gasteiger partial charge on any atom is 0.0115 e. The van der Waals surface area contributed by atoms with Gasteiger partial charge in [0.2, 0.25) is 0 Å². The molecular formula is C25H38N2. The summed E-state index contributed by atoms with van der Waals surface area (Å²) in [7, 11) is 0. The van der Waals surface area contributed by atoms with E-state index in [1.54, 1.807) is 5.56 Å². The predicted octanol–water partition coefficient (Wildman–Crippen LogP) is 4.97. The third-order valence-electron chi connectivity index (χ3n) is 8.80. The summed E-state index contributed by atoms with van der Waals surface area (Å²) in [6.45, 7) is 11.0. The second-order valence-corrected chi connectivity index (χ2v) is 12.1. The predicted molar refractivity (Wildman–Crippen MR) is 113 cm³/mol. The van der Waals surface area contributed by atoms with Gasteiger partial charge in [0.25, 0.3) is 0 Å². The van der Waals surface area contributed by atoms with Crippen molar-refractivity contribution in [3.8, 4) is 0 Å². The average Bonchev–Trinajstić information content (AvgIpc) is 2.56. The Kier molecular flexibility index (Phi) is 3.93. The number of benzene rings is 1. The molecule has 1 heterocycles. The molecule has 2 nitrogen and oxygen atoms in total. The van der Waals surface area contributed by atoms with Gasteiger partial charge >= 0.3 is 0 Å². The van der Waals surface area contributed by atoms with Gasteiger partial charge in [-0.3, -0.25) is 0 Å². The smallest absolute Gasteiger partial charge is 0.0115 e. The molecule has 4 aliphatic carbocycles. The Labute approximate surface area is 165 Å². The summed E-state index contributed by atoms with van der Waals surface area (Å²) < 4.78 is 0. The monoisotopic (exact) mass is 366 g/mol. The van der Waals surface area contributed by atoms with Gasteiger partial charge in [0.1, 0.15) is 0 Å². The summed E-state index contributed by atoms with van der Waals surface area (Å²) >= 11 is 0. The van der Waals surface area contributed by atoms with Crippen molar-refractivity contribution in [3.05, 3.63) is 35.9 Å². The van der Waals surface area contributed by atoms with Gasteiger partial charge in [0.15, 0.2) is 0 Å². The molecule has 2 heteroatoms. The van der Waals surface area contributed by atoms with Crippen LogP contribution >= 0.6 is 0 Å². The lowest BCUT2D eigenvalue weighted by atomic mass is 9.39. The fraction of sp³-hybridized carbons (Fsp3) is 0.760. The first-order chi connectivity index (χ1) is 12.7. The molecule has 0 amide bonds. The van der Waals surface area contributed by atoms with Gasteiger partial charge in [-0.2, -0.15) is 0 Å². The molecule has 0 aromatic heterocycles. The zero-order valence-corrected chi connectivity index (χ0v) is 17.6. The minimum atomic E-state index is 0.252. The lowest BCUT2D eigenvalue weighted by Crippen LogP contribution is -2.62. The van der Waals surface area contributed by atoms with Crippen molar-refractivity contribution >= 4 is 0 Å². The van der Waals surface area contributed by atoms with Crippen LogP contribution in [0.3, 0.4) is 0 Å². The van der Waals surface area contributed by atoms with Crippen LogP contribution in [0.2, 0.25) is 0 Å². The molecule has 27 heavy (non-hydrogen) atoms. The van der Waals surface area contributed by atoms with Gasteiger partial charge in [-0.25, -0.2) is 0 Å². The van der Waals surface area contributed by atoms with E-state index in [-0.39, 0.29) is 5.41 Å². The molecule has 4 saturated carbocycles. The molecule has 6 rings (SSSR count). The molecule has 148 valence electrons. The first-order valence-electron chi connectivity index (χ1n) is 11.3. The molecule has 1 saturated heterocycles. The van der Waals surface area contributed by atoms with Crippen molar-refractivity contribution in [3.63, 3.8) is 0 Å². The third-order valence-corrected chi connectivity index (χ3v) is 8.80. The van der Waals surface area contributed by atoms with E-state index < -0.39 is 0 Å². The van der Waals surface area contributed by atoms with E-state index in [0.717, 1.165) is 12.3 Å². The topological polar surface area (TPSA) is 29.3 Å². The van der Waals surface area contributed by atoms with Crippen LogP contribution in [0.15, 0.2) is 30.3 Å². The van der Waals surface area contributed by atoms with E-state index in [0.29, 0.717) is 22.3 Å². The molecule has 4 bridgehead atoms.